The standard InChI is InChI=1S/C25H25F5/c1-3-5-9-17-18-11-7-8-12-20(18)24(27)23(19(17)10-6-4-2)16-13-14-21(22(26)15-16)25(28,29)30/h7-8,11-15H,3-6,9-10H2,1-2H3. The Morgan fingerprint density at radius 3 is 1.93 bits per heavy atom. The van der Waals surface area contributed by atoms with E-state index in [1.54, 1.807) is 12.1 Å². The number of rotatable bonds is 7. The Balaban J connectivity index is 2.32. The minimum atomic E-state index is -4.79. The zero-order valence-electron chi connectivity index (χ0n) is 17.2. The summed E-state index contributed by atoms with van der Waals surface area (Å²) in [7, 11) is 0. The van der Waals surface area contributed by atoms with E-state index < -0.39 is 23.4 Å². The highest BCUT2D eigenvalue weighted by Crippen LogP contribution is 2.40. The highest BCUT2D eigenvalue weighted by atomic mass is 19.4. The van der Waals surface area contributed by atoms with E-state index in [2.05, 4.69) is 6.92 Å². The van der Waals surface area contributed by atoms with Gasteiger partial charge in [0.15, 0.2) is 0 Å². The van der Waals surface area contributed by atoms with E-state index in [1.165, 1.54) is 6.07 Å². The van der Waals surface area contributed by atoms with Gasteiger partial charge in [0.2, 0.25) is 0 Å². The van der Waals surface area contributed by atoms with Crippen molar-refractivity contribution in [1.29, 1.82) is 0 Å². The van der Waals surface area contributed by atoms with Gasteiger partial charge >= 0.3 is 6.18 Å². The third-order valence-corrected chi connectivity index (χ3v) is 5.50. The lowest BCUT2D eigenvalue weighted by atomic mass is 9.85. The van der Waals surface area contributed by atoms with Gasteiger partial charge in [0.05, 0.1) is 5.56 Å². The predicted molar refractivity (Wildman–Crippen MR) is 112 cm³/mol. The summed E-state index contributed by atoms with van der Waals surface area (Å²) in [4.78, 5) is 0. The Morgan fingerprint density at radius 1 is 0.767 bits per heavy atom. The smallest absolute Gasteiger partial charge is 0.206 e. The maximum absolute atomic E-state index is 15.7. The van der Waals surface area contributed by atoms with Crippen molar-refractivity contribution >= 4 is 10.8 Å². The van der Waals surface area contributed by atoms with Crippen molar-refractivity contribution in [3.05, 3.63) is 70.8 Å². The molecule has 0 atom stereocenters. The predicted octanol–water partition coefficient (Wildman–Crippen LogP) is 8.49. The number of halogens is 5. The maximum atomic E-state index is 15.7. The number of hydrogen-bond donors (Lipinski definition) is 0. The van der Waals surface area contributed by atoms with Crippen LogP contribution in [0.5, 0.6) is 0 Å². The molecular formula is C25H25F5. The number of aryl methyl sites for hydroxylation is 1. The molecule has 0 amide bonds. The van der Waals surface area contributed by atoms with E-state index in [-0.39, 0.29) is 11.1 Å². The first kappa shape index (κ1) is 22.3. The first-order valence-electron chi connectivity index (χ1n) is 10.4. The molecule has 0 radical (unpaired) electrons. The van der Waals surface area contributed by atoms with Crippen LogP contribution >= 0.6 is 0 Å². The van der Waals surface area contributed by atoms with Crippen LogP contribution in [0, 0.1) is 11.6 Å². The second kappa shape index (κ2) is 9.15. The summed E-state index contributed by atoms with van der Waals surface area (Å²) in [5, 5.41) is 1.24. The minimum Gasteiger partial charge on any atom is -0.206 e. The monoisotopic (exact) mass is 420 g/mol. The molecule has 30 heavy (non-hydrogen) atoms. The Kier molecular flexibility index (Phi) is 6.79. The fourth-order valence-corrected chi connectivity index (χ4v) is 3.99. The van der Waals surface area contributed by atoms with Crippen molar-refractivity contribution in [3.8, 4) is 11.1 Å². The lowest BCUT2D eigenvalue weighted by Gasteiger charge is -2.20. The van der Waals surface area contributed by atoms with Crippen molar-refractivity contribution in [3.63, 3.8) is 0 Å². The van der Waals surface area contributed by atoms with Gasteiger partial charge in [-0.3, -0.25) is 0 Å². The molecule has 0 heterocycles. The zero-order chi connectivity index (χ0) is 21.9. The van der Waals surface area contributed by atoms with Crippen LogP contribution in [0.15, 0.2) is 42.5 Å². The van der Waals surface area contributed by atoms with Crippen LogP contribution in [0.1, 0.15) is 56.2 Å². The van der Waals surface area contributed by atoms with Crippen molar-refractivity contribution in [2.45, 2.75) is 58.5 Å². The number of hydrogen-bond acceptors (Lipinski definition) is 0. The van der Waals surface area contributed by atoms with Crippen LogP contribution < -0.4 is 0 Å². The number of benzene rings is 3. The third kappa shape index (κ3) is 4.35. The van der Waals surface area contributed by atoms with Crippen LogP contribution in [-0.2, 0) is 19.0 Å². The van der Waals surface area contributed by atoms with Gasteiger partial charge in [-0.15, -0.1) is 0 Å². The van der Waals surface area contributed by atoms with Crippen molar-refractivity contribution in [2.24, 2.45) is 0 Å². The van der Waals surface area contributed by atoms with Gasteiger partial charge in [-0.25, -0.2) is 8.78 Å². The quantitative estimate of drug-likeness (QED) is 0.336. The van der Waals surface area contributed by atoms with Crippen molar-refractivity contribution in [2.75, 3.05) is 0 Å². The normalized spacial score (nSPS) is 12.0. The van der Waals surface area contributed by atoms with Gasteiger partial charge in [-0.05, 0) is 59.9 Å². The van der Waals surface area contributed by atoms with E-state index in [0.717, 1.165) is 54.7 Å². The van der Waals surface area contributed by atoms with Crippen LogP contribution in [0.25, 0.3) is 21.9 Å². The van der Waals surface area contributed by atoms with Gasteiger partial charge in [0.1, 0.15) is 11.6 Å². The fourth-order valence-electron chi connectivity index (χ4n) is 3.99. The Hall–Kier alpha value is -2.43. The number of alkyl halides is 3. The van der Waals surface area contributed by atoms with Gasteiger partial charge < -0.3 is 0 Å². The zero-order valence-corrected chi connectivity index (χ0v) is 17.2. The highest BCUT2D eigenvalue weighted by Gasteiger charge is 2.34. The molecule has 0 N–H and O–H groups in total. The molecule has 5 heteroatoms. The van der Waals surface area contributed by atoms with Crippen molar-refractivity contribution < 1.29 is 22.0 Å². The van der Waals surface area contributed by atoms with Gasteiger partial charge in [-0.2, -0.15) is 13.2 Å². The van der Waals surface area contributed by atoms with E-state index in [0.29, 0.717) is 17.9 Å². The Bertz CT molecular complexity index is 1030. The molecule has 0 aromatic heterocycles. The fraction of sp³-hybridized carbons (Fsp3) is 0.360. The summed E-state index contributed by atoms with van der Waals surface area (Å²) < 4.78 is 69.0. The SMILES string of the molecule is CCCCc1c(-c2ccc(C(F)(F)F)c(F)c2)c(F)c2ccccc2c1CCCC. The average molecular weight is 420 g/mol. The van der Waals surface area contributed by atoms with Gasteiger partial charge in [0, 0.05) is 10.9 Å². The number of fused-ring (bicyclic) bond motifs is 1. The summed E-state index contributed by atoms with van der Waals surface area (Å²) in [6.45, 7) is 4.10. The molecule has 0 bridgehead atoms. The molecular weight excluding hydrogens is 395 g/mol. The summed E-state index contributed by atoms with van der Waals surface area (Å²) in [6, 6.07) is 9.85. The molecule has 0 aliphatic rings. The first-order chi connectivity index (χ1) is 14.3. The molecule has 3 rings (SSSR count). The molecule has 0 fully saturated rings. The van der Waals surface area contributed by atoms with E-state index in [9.17, 15) is 17.6 Å². The summed E-state index contributed by atoms with van der Waals surface area (Å²) in [5.74, 6) is -1.89. The molecule has 3 aromatic rings. The van der Waals surface area contributed by atoms with Crippen LogP contribution in [0.2, 0.25) is 0 Å². The molecule has 0 aliphatic carbocycles. The van der Waals surface area contributed by atoms with Crippen LogP contribution in [0.3, 0.4) is 0 Å². The lowest BCUT2D eigenvalue weighted by Crippen LogP contribution is -2.09. The van der Waals surface area contributed by atoms with E-state index in [1.807, 2.05) is 19.1 Å². The second-order valence-corrected chi connectivity index (χ2v) is 7.59. The van der Waals surface area contributed by atoms with Crippen molar-refractivity contribution in [1.82, 2.24) is 0 Å². The lowest BCUT2D eigenvalue weighted by molar-refractivity contribution is -0.139. The van der Waals surface area contributed by atoms with Gasteiger partial charge in [0.25, 0.3) is 0 Å². The molecule has 3 aromatic carbocycles. The molecule has 0 nitrogen and oxygen atoms in total. The molecule has 0 spiro atoms. The van der Waals surface area contributed by atoms with Crippen LogP contribution in [-0.4, -0.2) is 0 Å². The Labute approximate surface area is 173 Å². The average Bonchev–Trinajstić information content (AvgIpc) is 2.70. The molecule has 0 saturated carbocycles. The third-order valence-electron chi connectivity index (χ3n) is 5.50. The highest BCUT2D eigenvalue weighted by molar-refractivity contribution is 5.93. The minimum absolute atomic E-state index is 0.146. The molecule has 160 valence electrons. The summed E-state index contributed by atoms with van der Waals surface area (Å²) >= 11 is 0. The Morgan fingerprint density at radius 2 is 1.37 bits per heavy atom. The van der Waals surface area contributed by atoms with Gasteiger partial charge in [-0.1, -0.05) is 57.0 Å². The second-order valence-electron chi connectivity index (χ2n) is 7.59. The number of unbranched alkanes of at least 4 members (excludes halogenated alkanes) is 2. The summed E-state index contributed by atoms with van der Waals surface area (Å²) in [5.41, 5.74) is 0.820. The van der Waals surface area contributed by atoms with Crippen LogP contribution in [0.4, 0.5) is 22.0 Å². The maximum Gasteiger partial charge on any atom is 0.419 e. The van der Waals surface area contributed by atoms with E-state index in [4.69, 9.17) is 0 Å². The first-order valence-corrected chi connectivity index (χ1v) is 10.4. The molecule has 0 unspecified atom stereocenters. The molecule has 0 saturated heterocycles. The largest absolute Gasteiger partial charge is 0.419 e. The summed E-state index contributed by atoms with van der Waals surface area (Å²) in [6.07, 6.45) is 0.123. The van der Waals surface area contributed by atoms with E-state index >= 15 is 4.39 Å². The topological polar surface area (TPSA) is 0 Å². The molecule has 0 aliphatic heterocycles.